The Labute approximate surface area is 156 Å². The van der Waals surface area contributed by atoms with Crippen LogP contribution in [0.25, 0.3) is 0 Å². The van der Waals surface area contributed by atoms with Crippen molar-refractivity contribution in [2.75, 3.05) is 5.32 Å². The molecule has 2 aromatic rings. The van der Waals surface area contributed by atoms with Crippen molar-refractivity contribution in [3.63, 3.8) is 0 Å². The molecule has 1 heterocycles. The molecule has 7 nitrogen and oxygen atoms in total. The van der Waals surface area contributed by atoms with E-state index < -0.39 is 39.2 Å². The number of thioether (sulfide) groups is 1. The van der Waals surface area contributed by atoms with Crippen LogP contribution in [-0.4, -0.2) is 25.6 Å². The van der Waals surface area contributed by atoms with Crippen LogP contribution in [0, 0.1) is 10.1 Å². The molecule has 1 aromatic carbocycles. The minimum atomic E-state index is -4.84. The second kappa shape index (κ2) is 7.22. The number of anilines is 1. The molecule has 3 rings (SSSR count). The topological polar surface area (TPSA) is 90.1 Å². The Morgan fingerprint density at radius 3 is 2.74 bits per heavy atom. The number of nitro groups is 1. The normalized spacial score (nSPS) is 15.4. The van der Waals surface area contributed by atoms with Crippen LogP contribution in [0.5, 0.6) is 0 Å². The van der Waals surface area contributed by atoms with E-state index in [9.17, 15) is 28.1 Å². The maximum Gasteiger partial charge on any atom is 0.418 e. The molecule has 1 amide bonds. The van der Waals surface area contributed by atoms with Crippen LogP contribution in [0.1, 0.15) is 31.4 Å². The van der Waals surface area contributed by atoms with Crippen molar-refractivity contribution in [2.45, 2.75) is 42.4 Å². The average molecular weight is 400 g/mol. The maximum atomic E-state index is 13.2. The molecule has 1 unspecified atom stereocenters. The van der Waals surface area contributed by atoms with Gasteiger partial charge in [0.2, 0.25) is 5.91 Å². The number of nitrogens with zero attached hydrogens (tertiary/aromatic N) is 3. The van der Waals surface area contributed by atoms with Gasteiger partial charge in [-0.25, -0.2) is 4.98 Å². The third-order valence-corrected chi connectivity index (χ3v) is 5.10. The molecule has 1 fully saturated rings. The number of carbonyl (C=O) groups excluding carboxylic acids is 1. The van der Waals surface area contributed by atoms with Gasteiger partial charge in [-0.3, -0.25) is 14.9 Å². The molecule has 11 heteroatoms. The Morgan fingerprint density at radius 2 is 2.15 bits per heavy atom. The quantitative estimate of drug-likeness (QED) is 0.444. The monoisotopic (exact) mass is 400 g/mol. The van der Waals surface area contributed by atoms with Crippen molar-refractivity contribution in [1.82, 2.24) is 9.55 Å². The lowest BCUT2D eigenvalue weighted by molar-refractivity contribution is -0.385. The van der Waals surface area contributed by atoms with E-state index in [1.54, 1.807) is 13.1 Å². The van der Waals surface area contributed by atoms with Crippen molar-refractivity contribution >= 4 is 29.0 Å². The lowest BCUT2D eigenvalue weighted by atomic mass is 10.1. The molecule has 1 aromatic heterocycles. The van der Waals surface area contributed by atoms with Crippen LogP contribution in [-0.2, 0) is 11.0 Å². The number of alkyl halides is 3. The number of hydrogen-bond donors (Lipinski definition) is 1. The summed E-state index contributed by atoms with van der Waals surface area (Å²) in [6, 6.07) is 2.58. The van der Waals surface area contributed by atoms with Crippen molar-refractivity contribution < 1.29 is 22.9 Å². The number of non-ortho nitro benzene ring substituents is 1. The zero-order valence-electron chi connectivity index (χ0n) is 14.1. The fraction of sp³-hybridized carbons (Fsp3) is 0.375. The summed E-state index contributed by atoms with van der Waals surface area (Å²) in [5.41, 5.74) is -2.48. The number of nitro benzene ring substituents is 1. The van der Waals surface area contributed by atoms with Gasteiger partial charge in [0, 0.05) is 30.6 Å². The average Bonchev–Trinajstić information content (AvgIpc) is 3.33. The van der Waals surface area contributed by atoms with Crippen molar-refractivity contribution in [3.05, 3.63) is 46.3 Å². The van der Waals surface area contributed by atoms with Crippen LogP contribution in [0.4, 0.5) is 24.5 Å². The molecular weight excluding hydrogens is 385 g/mol. The lowest BCUT2D eigenvalue weighted by Gasteiger charge is -2.16. The summed E-state index contributed by atoms with van der Waals surface area (Å²) in [5, 5.41) is 12.9. The number of hydrogen-bond acceptors (Lipinski definition) is 5. The number of imidazole rings is 1. The number of carbonyl (C=O) groups is 1. The number of amides is 1. The number of nitrogens with one attached hydrogen (secondary N) is 1. The molecule has 1 aliphatic rings. The van der Waals surface area contributed by atoms with Gasteiger partial charge in [-0.05, 0) is 25.8 Å². The first-order valence-corrected chi connectivity index (χ1v) is 8.91. The summed E-state index contributed by atoms with van der Waals surface area (Å²) >= 11 is 1.14. The van der Waals surface area contributed by atoms with Crippen LogP contribution in [0.15, 0.2) is 35.7 Å². The minimum absolute atomic E-state index is 0.358. The van der Waals surface area contributed by atoms with Gasteiger partial charge in [0.25, 0.3) is 5.69 Å². The highest BCUT2D eigenvalue weighted by atomic mass is 32.2. The van der Waals surface area contributed by atoms with Gasteiger partial charge in [0.05, 0.1) is 21.4 Å². The predicted octanol–water partition coefficient (Wildman–Crippen LogP) is 4.26. The zero-order chi connectivity index (χ0) is 19.8. The predicted molar refractivity (Wildman–Crippen MR) is 92.5 cm³/mol. The SMILES string of the molecule is CC(Sc1nccn1C1CC1)C(=O)Nc1ccc([N+](=O)[O-])cc1C(F)(F)F. The van der Waals surface area contributed by atoms with Gasteiger partial charge in [-0.1, -0.05) is 11.8 Å². The third kappa shape index (κ3) is 4.41. The summed E-state index contributed by atoms with van der Waals surface area (Å²) in [6.07, 6.45) is 0.643. The van der Waals surface area contributed by atoms with E-state index in [4.69, 9.17) is 0 Å². The highest BCUT2D eigenvalue weighted by Gasteiger charge is 2.36. The zero-order valence-corrected chi connectivity index (χ0v) is 14.9. The first-order chi connectivity index (χ1) is 12.7. The fourth-order valence-corrected chi connectivity index (χ4v) is 3.39. The largest absolute Gasteiger partial charge is 0.418 e. The molecule has 1 N–H and O–H groups in total. The molecule has 1 saturated carbocycles. The van der Waals surface area contributed by atoms with Crippen molar-refractivity contribution in [1.29, 1.82) is 0 Å². The van der Waals surface area contributed by atoms with Gasteiger partial charge in [-0.2, -0.15) is 13.2 Å². The smallest absolute Gasteiger partial charge is 0.325 e. The van der Waals surface area contributed by atoms with Crippen LogP contribution < -0.4 is 5.32 Å². The van der Waals surface area contributed by atoms with Crippen molar-refractivity contribution in [2.24, 2.45) is 0 Å². The van der Waals surface area contributed by atoms with Gasteiger partial charge in [0.1, 0.15) is 0 Å². The summed E-state index contributed by atoms with van der Waals surface area (Å²) in [5.74, 6) is -0.648. The molecule has 27 heavy (non-hydrogen) atoms. The second-order valence-corrected chi connectivity index (χ2v) is 7.39. The summed E-state index contributed by atoms with van der Waals surface area (Å²) < 4.78 is 41.6. The molecule has 144 valence electrons. The molecule has 0 aliphatic heterocycles. The molecule has 0 bridgehead atoms. The second-order valence-electron chi connectivity index (χ2n) is 6.08. The molecule has 0 spiro atoms. The Morgan fingerprint density at radius 1 is 1.44 bits per heavy atom. The summed E-state index contributed by atoms with van der Waals surface area (Å²) in [7, 11) is 0. The van der Waals surface area contributed by atoms with Crippen molar-refractivity contribution in [3.8, 4) is 0 Å². The number of benzene rings is 1. The maximum absolute atomic E-state index is 13.2. The first-order valence-electron chi connectivity index (χ1n) is 8.03. The standard InChI is InChI=1S/C16H15F3N4O3S/c1-9(27-15-20-6-7-22(15)10-2-3-10)14(24)21-13-5-4-11(23(25)26)8-12(13)16(17,18)19/h4-10H,2-3H2,1H3,(H,21,24). The summed E-state index contributed by atoms with van der Waals surface area (Å²) in [4.78, 5) is 26.4. The van der Waals surface area contributed by atoms with E-state index >= 15 is 0 Å². The van der Waals surface area contributed by atoms with Crippen LogP contribution in [0.3, 0.4) is 0 Å². The molecular formula is C16H15F3N4O3S. The Balaban J connectivity index is 1.76. The van der Waals surface area contributed by atoms with E-state index in [0.29, 0.717) is 17.3 Å². The highest BCUT2D eigenvalue weighted by molar-refractivity contribution is 8.00. The van der Waals surface area contributed by atoms with Crippen LogP contribution in [0.2, 0.25) is 0 Å². The lowest BCUT2D eigenvalue weighted by Crippen LogP contribution is -2.24. The first kappa shape index (κ1) is 19.2. The molecule has 1 aliphatic carbocycles. The highest BCUT2D eigenvalue weighted by Crippen LogP contribution is 2.39. The van der Waals surface area contributed by atoms with Gasteiger partial charge in [-0.15, -0.1) is 0 Å². The molecule has 0 saturated heterocycles. The van der Waals surface area contributed by atoms with Gasteiger partial charge in [0.15, 0.2) is 5.16 Å². The fourth-order valence-electron chi connectivity index (χ4n) is 2.46. The Hall–Kier alpha value is -2.56. The molecule has 1 atom stereocenters. The summed E-state index contributed by atoms with van der Waals surface area (Å²) in [6.45, 7) is 1.56. The minimum Gasteiger partial charge on any atom is -0.325 e. The van der Waals surface area contributed by atoms with E-state index in [1.807, 2.05) is 10.8 Å². The number of rotatable bonds is 6. The van der Waals surface area contributed by atoms with E-state index in [2.05, 4.69) is 10.3 Å². The Bertz CT molecular complexity index is 880. The molecule has 0 radical (unpaired) electrons. The van der Waals surface area contributed by atoms with Gasteiger partial charge < -0.3 is 9.88 Å². The van der Waals surface area contributed by atoms with Gasteiger partial charge >= 0.3 is 6.18 Å². The number of halogens is 3. The third-order valence-electron chi connectivity index (χ3n) is 4.00. The van der Waals surface area contributed by atoms with E-state index in [0.717, 1.165) is 36.7 Å². The van der Waals surface area contributed by atoms with E-state index in [1.165, 1.54) is 0 Å². The van der Waals surface area contributed by atoms with Crippen LogP contribution >= 0.6 is 11.8 Å². The van der Waals surface area contributed by atoms with E-state index in [-0.39, 0.29) is 0 Å². The number of aromatic nitrogens is 2. The Kier molecular flexibility index (Phi) is 5.13.